The molecule has 7 heteroatoms. The van der Waals surface area contributed by atoms with E-state index in [1.165, 1.54) is 18.9 Å². The summed E-state index contributed by atoms with van der Waals surface area (Å²) in [5.74, 6) is 0.610. The number of phenols is 1. The van der Waals surface area contributed by atoms with E-state index >= 15 is 0 Å². The number of aliphatic hydroxyl groups is 2. The van der Waals surface area contributed by atoms with Crippen LogP contribution in [0.3, 0.4) is 0 Å². The van der Waals surface area contributed by atoms with E-state index in [9.17, 15) is 20.1 Å². The number of benzene rings is 2. The predicted molar refractivity (Wildman–Crippen MR) is 124 cm³/mol. The molecule has 1 aliphatic carbocycles. The molecule has 170 valence electrons. The molecule has 1 aromatic heterocycles. The molecule has 2 atom stereocenters. The van der Waals surface area contributed by atoms with E-state index < -0.39 is 6.10 Å². The van der Waals surface area contributed by atoms with Gasteiger partial charge < -0.3 is 30.9 Å². The number of aromatic hydroxyl groups is 1. The summed E-state index contributed by atoms with van der Waals surface area (Å²) in [6, 6.07) is 12.9. The van der Waals surface area contributed by atoms with E-state index in [2.05, 4.69) is 28.6 Å². The average molecular weight is 438 g/mol. The maximum absolute atomic E-state index is 12.3. The lowest BCUT2D eigenvalue weighted by Gasteiger charge is -2.18. The number of aliphatic hydroxyl groups excluding tert-OH is 2. The molecule has 1 saturated carbocycles. The Bertz CT molecular complexity index is 1090. The van der Waals surface area contributed by atoms with Crippen molar-refractivity contribution in [2.75, 3.05) is 13.1 Å². The van der Waals surface area contributed by atoms with Gasteiger partial charge >= 0.3 is 0 Å². The van der Waals surface area contributed by atoms with Gasteiger partial charge in [-0.05, 0) is 73.6 Å². The van der Waals surface area contributed by atoms with Gasteiger partial charge in [-0.25, -0.2) is 0 Å². The van der Waals surface area contributed by atoms with Gasteiger partial charge in [0.15, 0.2) is 0 Å². The first-order valence-corrected chi connectivity index (χ1v) is 11.2. The molecule has 2 unspecified atom stereocenters. The molecule has 2 aromatic carbocycles. The largest absolute Gasteiger partial charge is 0.508 e. The smallest absolute Gasteiger partial charge is 0.267 e. The number of aromatic nitrogens is 1. The number of nitrogens with one attached hydrogen (secondary N) is 3. The minimum Gasteiger partial charge on any atom is -0.508 e. The zero-order chi connectivity index (χ0) is 22.7. The van der Waals surface area contributed by atoms with Gasteiger partial charge in [0.1, 0.15) is 11.4 Å². The van der Waals surface area contributed by atoms with Crippen molar-refractivity contribution in [3.05, 3.63) is 64.8 Å². The molecule has 1 amide bonds. The molecule has 32 heavy (non-hydrogen) atoms. The molecule has 1 heterocycles. The lowest BCUT2D eigenvalue weighted by Crippen LogP contribution is -2.32. The second-order valence-corrected chi connectivity index (χ2v) is 8.83. The Labute approximate surface area is 187 Å². The fraction of sp³-hybridized carbons (Fsp3) is 0.400. The highest BCUT2D eigenvalue weighted by Gasteiger charge is 2.22. The quantitative estimate of drug-likeness (QED) is 0.292. The van der Waals surface area contributed by atoms with E-state index in [1.54, 1.807) is 12.1 Å². The van der Waals surface area contributed by atoms with Crippen LogP contribution >= 0.6 is 0 Å². The van der Waals surface area contributed by atoms with Crippen molar-refractivity contribution in [3.63, 3.8) is 0 Å². The Morgan fingerprint density at radius 2 is 2.00 bits per heavy atom. The van der Waals surface area contributed by atoms with Crippen molar-refractivity contribution in [3.8, 4) is 5.75 Å². The van der Waals surface area contributed by atoms with E-state index in [0.717, 1.165) is 29.4 Å². The number of rotatable bonds is 10. The molecule has 0 bridgehead atoms. The first-order chi connectivity index (χ1) is 15.4. The summed E-state index contributed by atoms with van der Waals surface area (Å²) in [7, 11) is 0. The number of hydrogen-bond acceptors (Lipinski definition) is 5. The number of H-pyrrole nitrogens is 1. The summed E-state index contributed by atoms with van der Waals surface area (Å²) < 4.78 is 0. The van der Waals surface area contributed by atoms with Crippen LogP contribution < -0.4 is 10.6 Å². The van der Waals surface area contributed by atoms with E-state index in [4.69, 9.17) is 0 Å². The highest BCUT2D eigenvalue weighted by atomic mass is 16.3. The zero-order valence-corrected chi connectivity index (χ0v) is 18.3. The van der Waals surface area contributed by atoms with E-state index in [-0.39, 0.29) is 24.3 Å². The third-order valence-electron chi connectivity index (χ3n) is 6.04. The molecular weight excluding hydrogens is 406 g/mol. The monoisotopic (exact) mass is 437 g/mol. The number of fused-ring (bicyclic) bond motifs is 1. The van der Waals surface area contributed by atoms with Crippen molar-refractivity contribution < 1.29 is 20.1 Å². The molecule has 0 aliphatic heterocycles. The number of amides is 1. The van der Waals surface area contributed by atoms with Gasteiger partial charge in [-0.2, -0.15) is 0 Å². The number of carbonyl (C=O) groups excluding carboxylic acids is 1. The van der Waals surface area contributed by atoms with Crippen LogP contribution in [0, 0.1) is 5.92 Å². The molecule has 3 aromatic rings. The lowest BCUT2D eigenvalue weighted by atomic mass is 10.0. The second-order valence-electron chi connectivity index (χ2n) is 8.83. The molecule has 4 rings (SSSR count). The Balaban J connectivity index is 1.32. The molecule has 0 radical (unpaired) electrons. The average Bonchev–Trinajstić information content (AvgIpc) is 3.52. The summed E-state index contributed by atoms with van der Waals surface area (Å²) in [5.41, 5.74) is 3.71. The summed E-state index contributed by atoms with van der Waals surface area (Å²) in [6.07, 6.45) is 2.44. The Kier molecular flexibility index (Phi) is 6.79. The van der Waals surface area contributed by atoms with Gasteiger partial charge in [0.2, 0.25) is 0 Å². The fourth-order valence-electron chi connectivity index (χ4n) is 3.88. The molecular formula is C25H31N3O4. The third kappa shape index (κ3) is 5.48. The van der Waals surface area contributed by atoms with Crippen molar-refractivity contribution >= 4 is 16.8 Å². The summed E-state index contributed by atoms with van der Waals surface area (Å²) in [5, 5.41) is 36.7. The lowest BCUT2D eigenvalue weighted by molar-refractivity contribution is 0.0947. The number of aromatic amines is 1. The van der Waals surface area contributed by atoms with Crippen LogP contribution in [0.4, 0.5) is 0 Å². The SMILES string of the molecule is CC(Cc1ccc2[nH]c(C(=O)NCC3CC3)cc2c1)NCC(O)c1ccc(O)c(CO)c1. The molecule has 0 saturated heterocycles. The van der Waals surface area contributed by atoms with E-state index in [0.29, 0.717) is 29.3 Å². The topological polar surface area (TPSA) is 118 Å². The van der Waals surface area contributed by atoms with Crippen LogP contribution in [0.15, 0.2) is 42.5 Å². The fourth-order valence-corrected chi connectivity index (χ4v) is 3.88. The van der Waals surface area contributed by atoms with Crippen LogP contribution in [-0.2, 0) is 13.0 Å². The van der Waals surface area contributed by atoms with Crippen LogP contribution in [0.5, 0.6) is 5.75 Å². The zero-order valence-electron chi connectivity index (χ0n) is 18.3. The summed E-state index contributed by atoms with van der Waals surface area (Å²) in [6.45, 7) is 2.89. The number of carbonyl (C=O) groups is 1. The Hall–Kier alpha value is -2.87. The maximum Gasteiger partial charge on any atom is 0.267 e. The van der Waals surface area contributed by atoms with Crippen LogP contribution in [-0.4, -0.2) is 45.3 Å². The summed E-state index contributed by atoms with van der Waals surface area (Å²) in [4.78, 5) is 15.5. The van der Waals surface area contributed by atoms with Crippen LogP contribution in [0.1, 0.15) is 53.0 Å². The molecule has 0 spiro atoms. The van der Waals surface area contributed by atoms with Crippen molar-refractivity contribution in [1.29, 1.82) is 0 Å². The van der Waals surface area contributed by atoms with Gasteiger partial charge in [-0.1, -0.05) is 12.1 Å². The minimum absolute atomic E-state index is 0.0217. The maximum atomic E-state index is 12.3. The highest BCUT2D eigenvalue weighted by molar-refractivity contribution is 5.98. The number of hydrogen-bond donors (Lipinski definition) is 6. The summed E-state index contributed by atoms with van der Waals surface area (Å²) >= 11 is 0. The Morgan fingerprint density at radius 1 is 1.19 bits per heavy atom. The highest BCUT2D eigenvalue weighted by Crippen LogP contribution is 2.28. The van der Waals surface area contributed by atoms with Gasteiger partial charge in [-0.3, -0.25) is 4.79 Å². The van der Waals surface area contributed by atoms with Crippen LogP contribution in [0.2, 0.25) is 0 Å². The molecule has 1 aliphatic rings. The third-order valence-corrected chi connectivity index (χ3v) is 6.04. The molecule has 6 N–H and O–H groups in total. The second kappa shape index (κ2) is 9.73. The normalized spacial score (nSPS) is 15.6. The minimum atomic E-state index is -0.743. The predicted octanol–water partition coefficient (Wildman–Crippen LogP) is 2.76. The van der Waals surface area contributed by atoms with E-state index in [1.807, 2.05) is 18.2 Å². The van der Waals surface area contributed by atoms with Crippen molar-refractivity contribution in [2.45, 2.75) is 44.9 Å². The van der Waals surface area contributed by atoms with Gasteiger partial charge in [0, 0.05) is 35.6 Å². The molecule has 7 nitrogen and oxygen atoms in total. The first kappa shape index (κ1) is 22.3. The van der Waals surface area contributed by atoms with Crippen LogP contribution in [0.25, 0.3) is 10.9 Å². The van der Waals surface area contributed by atoms with Gasteiger partial charge in [-0.15, -0.1) is 0 Å². The van der Waals surface area contributed by atoms with Gasteiger partial charge in [0.05, 0.1) is 12.7 Å². The Morgan fingerprint density at radius 3 is 2.75 bits per heavy atom. The van der Waals surface area contributed by atoms with Gasteiger partial charge in [0.25, 0.3) is 5.91 Å². The standard InChI is InChI=1S/C25H31N3O4/c1-15(26-13-24(31)18-5-7-23(30)20(10-18)14-29)8-17-4-6-21-19(9-17)11-22(28-21)25(32)27-12-16-2-3-16/h4-7,9-11,15-16,24,26,28-31H,2-3,8,12-14H2,1H3,(H,27,32). The first-order valence-electron chi connectivity index (χ1n) is 11.2. The van der Waals surface area contributed by atoms with Crippen molar-refractivity contribution in [1.82, 2.24) is 15.6 Å². The van der Waals surface area contributed by atoms with Crippen molar-refractivity contribution in [2.24, 2.45) is 5.92 Å². The molecule has 1 fully saturated rings.